The van der Waals surface area contributed by atoms with Crippen LogP contribution in [0, 0.1) is 6.92 Å². The van der Waals surface area contributed by atoms with Gasteiger partial charge in [-0.05, 0) is 19.1 Å². The van der Waals surface area contributed by atoms with Crippen LogP contribution in [0.25, 0.3) is 0 Å². The van der Waals surface area contributed by atoms with Crippen LogP contribution in [0.2, 0.25) is 0 Å². The van der Waals surface area contributed by atoms with Crippen LogP contribution in [0.15, 0.2) is 36.9 Å². The third-order valence-corrected chi connectivity index (χ3v) is 1.71. The smallest absolute Gasteiger partial charge is 0.148 e. The SMILES string of the molecule is Cc1cnc(Nc2cccnc2)cn1. The molecule has 0 saturated carbocycles. The number of rotatable bonds is 2. The second kappa shape index (κ2) is 3.83. The maximum atomic E-state index is 4.17. The zero-order valence-electron chi connectivity index (χ0n) is 7.81. The molecule has 2 aromatic rings. The summed E-state index contributed by atoms with van der Waals surface area (Å²) in [5, 5.41) is 3.10. The Morgan fingerprint density at radius 3 is 2.71 bits per heavy atom. The summed E-state index contributed by atoms with van der Waals surface area (Å²) in [5.41, 5.74) is 1.81. The van der Waals surface area contributed by atoms with Gasteiger partial charge in [-0.3, -0.25) is 9.97 Å². The number of nitrogens with one attached hydrogen (secondary N) is 1. The summed E-state index contributed by atoms with van der Waals surface area (Å²) in [4.78, 5) is 12.3. The molecule has 0 atom stereocenters. The molecule has 2 aromatic heterocycles. The highest BCUT2D eigenvalue weighted by Crippen LogP contribution is 2.10. The molecular weight excluding hydrogens is 176 g/mol. The molecule has 0 aliphatic rings. The standard InChI is InChI=1S/C10H10N4/c1-8-5-13-10(7-12-8)14-9-3-2-4-11-6-9/h2-7H,1H3,(H,13,14). The summed E-state index contributed by atoms with van der Waals surface area (Å²) in [6.45, 7) is 1.90. The number of pyridine rings is 1. The molecule has 0 aliphatic heterocycles. The summed E-state index contributed by atoms with van der Waals surface area (Å²) in [5.74, 6) is 0.726. The van der Waals surface area contributed by atoms with Gasteiger partial charge in [0.25, 0.3) is 0 Å². The third-order valence-electron chi connectivity index (χ3n) is 1.71. The predicted molar refractivity (Wildman–Crippen MR) is 54.3 cm³/mol. The van der Waals surface area contributed by atoms with Crippen molar-refractivity contribution in [2.45, 2.75) is 6.92 Å². The van der Waals surface area contributed by atoms with Gasteiger partial charge in [0.1, 0.15) is 5.82 Å². The van der Waals surface area contributed by atoms with Crippen LogP contribution in [0.3, 0.4) is 0 Å². The highest BCUT2D eigenvalue weighted by molar-refractivity contribution is 5.53. The van der Waals surface area contributed by atoms with E-state index < -0.39 is 0 Å². The van der Waals surface area contributed by atoms with Crippen molar-refractivity contribution in [2.75, 3.05) is 5.32 Å². The largest absolute Gasteiger partial charge is 0.338 e. The normalized spacial score (nSPS) is 9.79. The molecule has 0 bridgehead atoms. The molecule has 0 radical (unpaired) electrons. The van der Waals surface area contributed by atoms with E-state index in [0.717, 1.165) is 17.2 Å². The van der Waals surface area contributed by atoms with Crippen LogP contribution in [-0.2, 0) is 0 Å². The van der Waals surface area contributed by atoms with E-state index in [9.17, 15) is 0 Å². The molecule has 2 heterocycles. The van der Waals surface area contributed by atoms with Crippen molar-refractivity contribution in [1.29, 1.82) is 0 Å². The van der Waals surface area contributed by atoms with Gasteiger partial charge in [0, 0.05) is 6.20 Å². The first-order valence-electron chi connectivity index (χ1n) is 4.30. The molecule has 14 heavy (non-hydrogen) atoms. The Balaban J connectivity index is 2.16. The number of aromatic nitrogens is 3. The van der Waals surface area contributed by atoms with Gasteiger partial charge < -0.3 is 5.32 Å². The van der Waals surface area contributed by atoms with Crippen LogP contribution < -0.4 is 5.32 Å². The summed E-state index contributed by atoms with van der Waals surface area (Å²) in [6.07, 6.45) is 6.88. The Hall–Kier alpha value is -1.97. The molecular formula is C10H10N4. The van der Waals surface area contributed by atoms with Gasteiger partial charge in [0.2, 0.25) is 0 Å². The molecule has 4 heteroatoms. The van der Waals surface area contributed by atoms with Crippen LogP contribution in [0.4, 0.5) is 11.5 Å². The average molecular weight is 186 g/mol. The minimum Gasteiger partial charge on any atom is -0.338 e. The molecule has 0 spiro atoms. The predicted octanol–water partition coefficient (Wildman–Crippen LogP) is 1.92. The maximum absolute atomic E-state index is 4.17. The van der Waals surface area contributed by atoms with Gasteiger partial charge in [0.05, 0.1) is 30.0 Å². The van der Waals surface area contributed by atoms with E-state index in [0.29, 0.717) is 0 Å². The quantitative estimate of drug-likeness (QED) is 0.778. The molecule has 0 fully saturated rings. The Morgan fingerprint density at radius 2 is 2.07 bits per heavy atom. The van der Waals surface area contributed by atoms with E-state index in [2.05, 4.69) is 20.3 Å². The van der Waals surface area contributed by atoms with Crippen molar-refractivity contribution < 1.29 is 0 Å². The second-order valence-electron chi connectivity index (χ2n) is 2.91. The van der Waals surface area contributed by atoms with Gasteiger partial charge in [-0.15, -0.1) is 0 Å². The van der Waals surface area contributed by atoms with Crippen molar-refractivity contribution in [3.8, 4) is 0 Å². The fraction of sp³-hybridized carbons (Fsp3) is 0.100. The van der Waals surface area contributed by atoms with Crippen molar-refractivity contribution in [3.63, 3.8) is 0 Å². The fourth-order valence-electron chi connectivity index (χ4n) is 1.04. The van der Waals surface area contributed by atoms with Gasteiger partial charge in [-0.2, -0.15) is 0 Å². The highest BCUT2D eigenvalue weighted by atomic mass is 15.0. The van der Waals surface area contributed by atoms with E-state index in [1.54, 1.807) is 24.8 Å². The van der Waals surface area contributed by atoms with Crippen molar-refractivity contribution in [2.24, 2.45) is 0 Å². The Bertz CT molecular complexity index is 396. The van der Waals surface area contributed by atoms with Crippen LogP contribution in [0.5, 0.6) is 0 Å². The van der Waals surface area contributed by atoms with Crippen molar-refractivity contribution in [1.82, 2.24) is 15.0 Å². The minimum atomic E-state index is 0.726. The maximum Gasteiger partial charge on any atom is 0.148 e. The molecule has 0 saturated heterocycles. The van der Waals surface area contributed by atoms with Gasteiger partial charge >= 0.3 is 0 Å². The van der Waals surface area contributed by atoms with E-state index in [4.69, 9.17) is 0 Å². The number of aryl methyl sites for hydroxylation is 1. The summed E-state index contributed by atoms with van der Waals surface area (Å²) in [6, 6.07) is 3.79. The van der Waals surface area contributed by atoms with Gasteiger partial charge in [-0.1, -0.05) is 0 Å². The lowest BCUT2D eigenvalue weighted by Crippen LogP contribution is -1.95. The summed E-state index contributed by atoms with van der Waals surface area (Å²) < 4.78 is 0. The number of hydrogen-bond acceptors (Lipinski definition) is 4. The van der Waals surface area contributed by atoms with E-state index in [-0.39, 0.29) is 0 Å². The topological polar surface area (TPSA) is 50.7 Å². The van der Waals surface area contributed by atoms with Crippen LogP contribution in [0.1, 0.15) is 5.69 Å². The first kappa shape index (κ1) is 8.62. The molecule has 2 rings (SSSR count). The Kier molecular flexibility index (Phi) is 2.36. The molecule has 0 unspecified atom stereocenters. The Labute approximate surface area is 82.1 Å². The molecule has 0 amide bonds. The zero-order chi connectivity index (χ0) is 9.80. The van der Waals surface area contributed by atoms with E-state index >= 15 is 0 Å². The lowest BCUT2D eigenvalue weighted by Gasteiger charge is -2.03. The lowest BCUT2D eigenvalue weighted by atomic mass is 10.4. The molecule has 0 aliphatic carbocycles. The van der Waals surface area contributed by atoms with Crippen LogP contribution >= 0.6 is 0 Å². The highest BCUT2D eigenvalue weighted by Gasteiger charge is 1.94. The third kappa shape index (κ3) is 2.04. The van der Waals surface area contributed by atoms with Gasteiger partial charge in [0.15, 0.2) is 0 Å². The van der Waals surface area contributed by atoms with E-state index in [1.165, 1.54) is 0 Å². The molecule has 0 aromatic carbocycles. The minimum absolute atomic E-state index is 0.726. The van der Waals surface area contributed by atoms with Gasteiger partial charge in [-0.25, -0.2) is 4.98 Å². The lowest BCUT2D eigenvalue weighted by molar-refractivity contribution is 1.12. The molecule has 70 valence electrons. The van der Waals surface area contributed by atoms with Crippen molar-refractivity contribution >= 4 is 11.5 Å². The Morgan fingerprint density at radius 1 is 1.14 bits per heavy atom. The summed E-state index contributed by atoms with van der Waals surface area (Å²) >= 11 is 0. The number of anilines is 2. The summed E-state index contributed by atoms with van der Waals surface area (Å²) in [7, 11) is 0. The average Bonchev–Trinajstić information content (AvgIpc) is 2.23. The van der Waals surface area contributed by atoms with Crippen molar-refractivity contribution in [3.05, 3.63) is 42.6 Å². The first-order valence-corrected chi connectivity index (χ1v) is 4.30. The number of hydrogen-bond donors (Lipinski definition) is 1. The number of nitrogens with zero attached hydrogens (tertiary/aromatic N) is 3. The van der Waals surface area contributed by atoms with E-state index in [1.807, 2.05) is 19.1 Å². The molecule has 4 nitrogen and oxygen atoms in total. The molecule has 1 N–H and O–H groups in total. The zero-order valence-corrected chi connectivity index (χ0v) is 7.81. The first-order chi connectivity index (χ1) is 6.84. The monoisotopic (exact) mass is 186 g/mol. The second-order valence-corrected chi connectivity index (χ2v) is 2.91. The van der Waals surface area contributed by atoms with Crippen LogP contribution in [-0.4, -0.2) is 15.0 Å². The fourth-order valence-corrected chi connectivity index (χ4v) is 1.04.